The van der Waals surface area contributed by atoms with E-state index in [0.29, 0.717) is 12.5 Å². The normalized spacial score (nSPS) is 29.2. The second-order valence-corrected chi connectivity index (χ2v) is 5.92. The number of carbonyl (C=O) groups excluding carboxylic acids is 1. The van der Waals surface area contributed by atoms with Crippen LogP contribution in [0.5, 0.6) is 0 Å². The Morgan fingerprint density at radius 1 is 1.41 bits per heavy atom. The molecule has 1 saturated carbocycles. The van der Waals surface area contributed by atoms with Crippen LogP contribution in [-0.4, -0.2) is 42.5 Å². The van der Waals surface area contributed by atoms with Crippen molar-refractivity contribution >= 4 is 5.91 Å². The summed E-state index contributed by atoms with van der Waals surface area (Å²) in [5, 5.41) is 3.12. The van der Waals surface area contributed by atoms with Crippen molar-refractivity contribution in [3.8, 4) is 0 Å². The van der Waals surface area contributed by atoms with Gasteiger partial charge in [0, 0.05) is 24.5 Å². The van der Waals surface area contributed by atoms with Crippen LogP contribution >= 0.6 is 0 Å². The summed E-state index contributed by atoms with van der Waals surface area (Å²) in [7, 11) is 2.09. The number of rotatable bonds is 3. The molecule has 1 aliphatic heterocycles. The van der Waals surface area contributed by atoms with Crippen molar-refractivity contribution in [2.75, 3.05) is 20.1 Å². The fraction of sp³-hybridized carbons (Fsp3) is 0.923. The average molecular weight is 239 g/mol. The van der Waals surface area contributed by atoms with Crippen molar-refractivity contribution in [1.82, 2.24) is 10.2 Å². The molecule has 1 unspecified atom stereocenters. The van der Waals surface area contributed by atoms with Crippen LogP contribution in [-0.2, 0) is 4.79 Å². The number of nitrogens with one attached hydrogen (secondary N) is 1. The van der Waals surface area contributed by atoms with Gasteiger partial charge in [-0.1, -0.05) is 19.3 Å². The molecule has 0 aromatic carbocycles. The van der Waals surface area contributed by atoms with Gasteiger partial charge in [0.15, 0.2) is 0 Å². The second-order valence-electron chi connectivity index (χ2n) is 5.92. The van der Waals surface area contributed by atoms with Gasteiger partial charge in [-0.3, -0.25) is 4.79 Å². The third-order valence-electron chi connectivity index (χ3n) is 4.12. The van der Waals surface area contributed by atoms with Gasteiger partial charge in [0.05, 0.1) is 0 Å². The maximum Gasteiger partial charge on any atom is 0.222 e. The molecule has 0 bridgehead atoms. The summed E-state index contributed by atoms with van der Waals surface area (Å²) >= 11 is 0. The van der Waals surface area contributed by atoms with Gasteiger partial charge in [0.1, 0.15) is 0 Å². The van der Waals surface area contributed by atoms with E-state index < -0.39 is 0 Å². The Morgan fingerprint density at radius 3 is 2.71 bits per heavy atom. The van der Waals surface area contributed by atoms with Gasteiger partial charge in [-0.25, -0.2) is 0 Å². The van der Waals surface area contributed by atoms with E-state index in [2.05, 4.69) is 17.3 Å². The molecule has 1 aliphatic carbocycles. The molecule has 98 valence electrons. The molecule has 1 heterocycles. The van der Waals surface area contributed by atoms with E-state index in [9.17, 15) is 4.79 Å². The number of likely N-dealkylation sites (N-methyl/N-ethyl adjacent to an activating group) is 1. The summed E-state index contributed by atoms with van der Waals surface area (Å²) in [6.45, 7) is 2.06. The maximum atomic E-state index is 12.0. The number of hydrogen-bond acceptors (Lipinski definition) is 3. The molecule has 1 saturated heterocycles. The third-order valence-corrected chi connectivity index (χ3v) is 4.12. The number of amides is 1. The van der Waals surface area contributed by atoms with Crippen molar-refractivity contribution in [2.24, 2.45) is 5.73 Å². The van der Waals surface area contributed by atoms with E-state index in [1.165, 1.54) is 19.3 Å². The summed E-state index contributed by atoms with van der Waals surface area (Å²) < 4.78 is 0. The first-order chi connectivity index (χ1) is 8.07. The van der Waals surface area contributed by atoms with Crippen molar-refractivity contribution in [3.63, 3.8) is 0 Å². The molecular weight excluding hydrogens is 214 g/mol. The highest BCUT2D eigenvalue weighted by Crippen LogP contribution is 2.28. The van der Waals surface area contributed by atoms with Crippen molar-refractivity contribution in [2.45, 2.75) is 56.5 Å². The zero-order chi connectivity index (χ0) is 12.3. The fourth-order valence-corrected chi connectivity index (χ4v) is 3.08. The Bertz CT molecular complexity index is 274. The molecule has 1 atom stereocenters. The van der Waals surface area contributed by atoms with Gasteiger partial charge in [-0.05, 0) is 32.9 Å². The van der Waals surface area contributed by atoms with Crippen LogP contribution in [0.25, 0.3) is 0 Å². The summed E-state index contributed by atoms with van der Waals surface area (Å²) in [5.74, 6) is 0.148. The minimum atomic E-state index is -0.229. The van der Waals surface area contributed by atoms with E-state index in [1.54, 1.807) is 0 Å². The van der Waals surface area contributed by atoms with Gasteiger partial charge in [0.2, 0.25) is 5.91 Å². The highest BCUT2D eigenvalue weighted by atomic mass is 16.1. The van der Waals surface area contributed by atoms with Gasteiger partial charge >= 0.3 is 0 Å². The third kappa shape index (κ3) is 3.68. The van der Waals surface area contributed by atoms with Gasteiger partial charge in [-0.15, -0.1) is 0 Å². The zero-order valence-electron chi connectivity index (χ0n) is 10.9. The monoisotopic (exact) mass is 239 g/mol. The van der Waals surface area contributed by atoms with E-state index in [4.69, 9.17) is 5.73 Å². The van der Waals surface area contributed by atoms with Crippen LogP contribution in [0.2, 0.25) is 0 Å². The lowest BCUT2D eigenvalue weighted by Crippen LogP contribution is -2.48. The standard InChI is InChI=1S/C13H25N3O/c1-16-8-5-11(10-16)15-12(17)9-13(14)6-3-2-4-7-13/h11H,2-10,14H2,1H3,(H,15,17). The Hall–Kier alpha value is -0.610. The van der Waals surface area contributed by atoms with Crippen LogP contribution in [0.3, 0.4) is 0 Å². The number of nitrogens with zero attached hydrogens (tertiary/aromatic N) is 1. The number of hydrogen-bond donors (Lipinski definition) is 2. The molecule has 0 aromatic rings. The molecule has 3 N–H and O–H groups in total. The highest BCUT2D eigenvalue weighted by molar-refractivity contribution is 5.77. The first-order valence-electron chi connectivity index (χ1n) is 6.84. The van der Waals surface area contributed by atoms with Gasteiger partial charge in [-0.2, -0.15) is 0 Å². The van der Waals surface area contributed by atoms with Crippen molar-refractivity contribution in [1.29, 1.82) is 0 Å². The van der Waals surface area contributed by atoms with E-state index in [0.717, 1.165) is 32.4 Å². The predicted octanol–water partition coefficient (Wildman–Crippen LogP) is 0.858. The van der Waals surface area contributed by atoms with E-state index in [-0.39, 0.29) is 11.4 Å². The largest absolute Gasteiger partial charge is 0.352 e. The smallest absolute Gasteiger partial charge is 0.222 e. The average Bonchev–Trinajstić information content (AvgIpc) is 2.63. The Balaban J connectivity index is 1.76. The molecule has 2 rings (SSSR count). The molecule has 0 spiro atoms. The second kappa shape index (κ2) is 5.36. The summed E-state index contributed by atoms with van der Waals surface area (Å²) in [6.07, 6.45) is 7.21. The molecule has 2 fully saturated rings. The van der Waals surface area contributed by atoms with Crippen molar-refractivity contribution in [3.05, 3.63) is 0 Å². The molecule has 4 heteroatoms. The molecule has 17 heavy (non-hydrogen) atoms. The highest BCUT2D eigenvalue weighted by Gasteiger charge is 2.31. The van der Waals surface area contributed by atoms with Crippen LogP contribution < -0.4 is 11.1 Å². The maximum absolute atomic E-state index is 12.0. The first kappa shape index (κ1) is 12.8. The lowest BCUT2D eigenvalue weighted by Gasteiger charge is -2.33. The summed E-state index contributed by atoms with van der Waals surface area (Å²) in [5.41, 5.74) is 6.06. The Labute approximate surface area is 104 Å². The number of likely N-dealkylation sites (tertiary alicyclic amines) is 1. The zero-order valence-corrected chi connectivity index (χ0v) is 10.9. The van der Waals surface area contributed by atoms with Crippen LogP contribution in [0.15, 0.2) is 0 Å². The minimum Gasteiger partial charge on any atom is -0.352 e. The molecule has 0 aromatic heterocycles. The molecule has 0 radical (unpaired) electrons. The summed E-state index contributed by atoms with van der Waals surface area (Å²) in [6, 6.07) is 0.333. The van der Waals surface area contributed by atoms with E-state index >= 15 is 0 Å². The predicted molar refractivity (Wildman–Crippen MR) is 68.7 cm³/mol. The van der Waals surface area contributed by atoms with Crippen LogP contribution in [0, 0.1) is 0 Å². The quantitative estimate of drug-likeness (QED) is 0.768. The number of nitrogens with two attached hydrogens (primary N) is 1. The van der Waals surface area contributed by atoms with Crippen molar-refractivity contribution < 1.29 is 4.79 Å². The Kier molecular flexibility index (Phi) is 4.05. The van der Waals surface area contributed by atoms with E-state index in [1.807, 2.05) is 0 Å². The molecular formula is C13H25N3O. The molecule has 2 aliphatic rings. The lowest BCUT2D eigenvalue weighted by atomic mass is 9.80. The fourth-order valence-electron chi connectivity index (χ4n) is 3.08. The first-order valence-corrected chi connectivity index (χ1v) is 6.84. The molecule has 1 amide bonds. The summed E-state index contributed by atoms with van der Waals surface area (Å²) in [4.78, 5) is 14.2. The van der Waals surface area contributed by atoms with Gasteiger partial charge < -0.3 is 16.0 Å². The number of carbonyl (C=O) groups is 1. The molecule has 4 nitrogen and oxygen atoms in total. The topological polar surface area (TPSA) is 58.4 Å². The lowest BCUT2D eigenvalue weighted by molar-refractivity contribution is -0.123. The van der Waals surface area contributed by atoms with Gasteiger partial charge in [0.25, 0.3) is 0 Å². The SMILES string of the molecule is CN1CCC(NC(=O)CC2(N)CCCCC2)C1. The minimum absolute atomic E-state index is 0.148. The Morgan fingerprint density at radius 2 is 2.12 bits per heavy atom. The van der Waals surface area contributed by atoms with Crippen LogP contribution in [0.1, 0.15) is 44.9 Å². The van der Waals surface area contributed by atoms with Crippen LogP contribution in [0.4, 0.5) is 0 Å².